The Morgan fingerprint density at radius 3 is 2.24 bits per heavy atom. The number of carbonyl (C=O) groups excluding carboxylic acids is 2. The van der Waals surface area contributed by atoms with Crippen molar-refractivity contribution in [1.82, 2.24) is 14.5 Å². The van der Waals surface area contributed by atoms with Gasteiger partial charge in [-0.25, -0.2) is 4.98 Å². The van der Waals surface area contributed by atoms with Gasteiger partial charge in [0.05, 0.1) is 16.8 Å². The summed E-state index contributed by atoms with van der Waals surface area (Å²) in [7, 11) is 0. The second kappa shape index (κ2) is 11.5. The minimum Gasteiger partial charge on any atom is -0.370 e. The molecule has 0 saturated heterocycles. The van der Waals surface area contributed by atoms with Crippen LogP contribution >= 0.6 is 11.8 Å². The third-order valence-corrected chi connectivity index (χ3v) is 6.57. The Labute approximate surface area is 203 Å². The van der Waals surface area contributed by atoms with Gasteiger partial charge < -0.3 is 15.2 Å². The molecule has 0 aliphatic heterocycles. The lowest BCUT2D eigenvalue weighted by Gasteiger charge is -2.22. The van der Waals surface area contributed by atoms with Crippen LogP contribution in [-0.4, -0.2) is 38.6 Å². The monoisotopic (exact) mass is 472 g/mol. The van der Waals surface area contributed by atoms with E-state index in [0.717, 1.165) is 34.7 Å². The molecule has 0 aliphatic carbocycles. The lowest BCUT2D eigenvalue weighted by Crippen LogP contribution is -2.34. The highest BCUT2D eigenvalue weighted by Gasteiger charge is 2.18. The fourth-order valence-electron chi connectivity index (χ4n) is 3.82. The zero-order valence-corrected chi connectivity index (χ0v) is 19.8. The molecule has 0 fully saturated rings. The molecule has 0 bridgehead atoms. The third kappa shape index (κ3) is 6.26. The Kier molecular flexibility index (Phi) is 7.99. The highest BCUT2D eigenvalue weighted by atomic mass is 32.2. The summed E-state index contributed by atoms with van der Waals surface area (Å²) in [5.74, 6) is -0.224. The summed E-state index contributed by atoms with van der Waals surface area (Å²) in [5, 5.41) is 0.819. The maximum Gasteiger partial charge on any atom is 0.233 e. The Morgan fingerprint density at radius 2 is 1.53 bits per heavy atom. The van der Waals surface area contributed by atoms with Crippen LogP contribution in [0.5, 0.6) is 0 Å². The molecule has 0 unspecified atom stereocenters. The Bertz CT molecular complexity index is 1240. The van der Waals surface area contributed by atoms with Crippen LogP contribution in [0.25, 0.3) is 11.0 Å². The average molecular weight is 473 g/mol. The molecular weight excluding hydrogens is 444 g/mol. The Morgan fingerprint density at radius 1 is 0.882 bits per heavy atom. The number of benzene rings is 3. The highest BCUT2D eigenvalue weighted by molar-refractivity contribution is 7.99. The summed E-state index contributed by atoms with van der Waals surface area (Å²) in [6, 6.07) is 28.2. The molecule has 174 valence electrons. The molecule has 4 rings (SSSR count). The largest absolute Gasteiger partial charge is 0.370 e. The fourth-order valence-corrected chi connectivity index (χ4v) is 4.77. The zero-order valence-electron chi connectivity index (χ0n) is 19.0. The van der Waals surface area contributed by atoms with Crippen molar-refractivity contribution < 1.29 is 9.59 Å². The van der Waals surface area contributed by atoms with Gasteiger partial charge >= 0.3 is 0 Å². The minimum atomic E-state index is -0.416. The number of hydrogen-bond donors (Lipinski definition) is 1. The van der Waals surface area contributed by atoms with Crippen LogP contribution < -0.4 is 5.73 Å². The summed E-state index contributed by atoms with van der Waals surface area (Å²) in [4.78, 5) is 31.0. The molecule has 0 saturated carbocycles. The molecule has 34 heavy (non-hydrogen) atoms. The molecule has 3 aromatic carbocycles. The van der Waals surface area contributed by atoms with Gasteiger partial charge in [-0.3, -0.25) is 9.59 Å². The van der Waals surface area contributed by atoms with Crippen LogP contribution in [0.3, 0.4) is 0 Å². The molecule has 0 radical (unpaired) electrons. The van der Waals surface area contributed by atoms with Crippen LogP contribution in [0.2, 0.25) is 0 Å². The minimum absolute atomic E-state index is 0.0447. The van der Waals surface area contributed by atoms with Crippen molar-refractivity contribution in [1.29, 1.82) is 0 Å². The van der Waals surface area contributed by atoms with E-state index in [1.807, 2.05) is 66.7 Å². The van der Waals surface area contributed by atoms with E-state index in [1.165, 1.54) is 17.3 Å². The van der Waals surface area contributed by atoms with E-state index in [1.54, 1.807) is 4.90 Å². The number of carbonyl (C=O) groups is 2. The summed E-state index contributed by atoms with van der Waals surface area (Å²) < 4.78 is 2.19. The van der Waals surface area contributed by atoms with Crippen LogP contribution in [-0.2, 0) is 29.1 Å². The first kappa shape index (κ1) is 23.6. The van der Waals surface area contributed by atoms with Crippen molar-refractivity contribution in [2.45, 2.75) is 31.1 Å². The van der Waals surface area contributed by atoms with Gasteiger partial charge in [-0.1, -0.05) is 84.6 Å². The van der Waals surface area contributed by atoms with Crippen molar-refractivity contribution >= 4 is 34.6 Å². The molecular formula is C27H28N4O2S. The number of hydrogen-bond acceptors (Lipinski definition) is 4. The predicted molar refractivity (Wildman–Crippen MR) is 136 cm³/mol. The number of imidazole rings is 1. The topological polar surface area (TPSA) is 81.2 Å². The normalized spacial score (nSPS) is 10.9. The van der Waals surface area contributed by atoms with E-state index < -0.39 is 5.91 Å². The number of aryl methyl sites for hydroxylation is 2. The number of amides is 2. The number of rotatable bonds is 11. The summed E-state index contributed by atoms with van der Waals surface area (Å²) >= 11 is 1.43. The maximum atomic E-state index is 13.2. The first-order chi connectivity index (χ1) is 16.6. The van der Waals surface area contributed by atoms with E-state index in [0.29, 0.717) is 13.1 Å². The van der Waals surface area contributed by atoms with Crippen molar-refractivity contribution in [2.24, 2.45) is 5.73 Å². The number of aromatic nitrogens is 2. The number of thioether (sulfide) groups is 1. The zero-order chi connectivity index (χ0) is 23.8. The Hall–Kier alpha value is -3.58. The number of para-hydroxylation sites is 2. The van der Waals surface area contributed by atoms with E-state index in [4.69, 9.17) is 10.7 Å². The average Bonchev–Trinajstić information content (AvgIpc) is 3.22. The molecule has 4 aromatic rings. The smallest absolute Gasteiger partial charge is 0.233 e. The highest BCUT2D eigenvalue weighted by Crippen LogP contribution is 2.25. The van der Waals surface area contributed by atoms with Crippen LogP contribution in [0.1, 0.15) is 17.5 Å². The van der Waals surface area contributed by atoms with Gasteiger partial charge in [0.15, 0.2) is 5.16 Å². The molecule has 2 N–H and O–H groups in total. The van der Waals surface area contributed by atoms with Crippen molar-refractivity contribution in [2.75, 3.05) is 12.3 Å². The van der Waals surface area contributed by atoms with Crippen molar-refractivity contribution in [3.63, 3.8) is 0 Å². The van der Waals surface area contributed by atoms with Crippen LogP contribution in [0.15, 0.2) is 90.1 Å². The number of nitrogens with two attached hydrogens (primary N) is 1. The molecule has 6 nitrogen and oxygen atoms in total. The van der Waals surface area contributed by atoms with Crippen LogP contribution in [0.4, 0.5) is 0 Å². The number of primary amides is 1. The van der Waals surface area contributed by atoms with Gasteiger partial charge in [0.1, 0.15) is 0 Å². The fraction of sp³-hybridized carbons (Fsp3) is 0.222. The molecule has 7 heteroatoms. The summed E-state index contributed by atoms with van der Waals surface area (Å²) in [6.07, 6.45) is 1.01. The van der Waals surface area contributed by atoms with Gasteiger partial charge in [0.2, 0.25) is 11.8 Å². The van der Waals surface area contributed by atoms with Crippen molar-refractivity contribution in [3.8, 4) is 0 Å². The number of fused-ring (bicyclic) bond motifs is 1. The Balaban J connectivity index is 1.49. The molecule has 0 aliphatic rings. The van der Waals surface area contributed by atoms with E-state index in [-0.39, 0.29) is 18.1 Å². The van der Waals surface area contributed by atoms with Crippen LogP contribution in [0, 0.1) is 0 Å². The van der Waals surface area contributed by atoms with Gasteiger partial charge in [0, 0.05) is 26.1 Å². The lowest BCUT2D eigenvalue weighted by molar-refractivity contribution is -0.129. The molecule has 2 amide bonds. The predicted octanol–water partition coefficient (Wildman–Crippen LogP) is 4.28. The second-order valence-corrected chi connectivity index (χ2v) is 9.02. The molecule has 0 atom stereocenters. The van der Waals surface area contributed by atoms with E-state index >= 15 is 0 Å². The first-order valence-corrected chi connectivity index (χ1v) is 12.3. The quantitative estimate of drug-likeness (QED) is 0.331. The standard InChI is InChI=1S/C27H28N4O2S/c28-25(32)16-17-30(19-22-11-5-2-6-12-22)26(33)20-34-27-29-23-13-7-8-14-24(23)31(27)18-15-21-9-3-1-4-10-21/h1-14H,15-20H2,(H2,28,32). The van der Waals surface area contributed by atoms with Gasteiger partial charge in [-0.15, -0.1) is 0 Å². The SMILES string of the molecule is NC(=O)CCN(Cc1ccccc1)C(=O)CSc1nc2ccccc2n1CCc1ccccc1. The molecule has 1 heterocycles. The summed E-state index contributed by atoms with van der Waals surface area (Å²) in [5.41, 5.74) is 9.60. The third-order valence-electron chi connectivity index (χ3n) is 5.61. The van der Waals surface area contributed by atoms with Crippen molar-refractivity contribution in [3.05, 3.63) is 96.1 Å². The lowest BCUT2D eigenvalue weighted by atomic mass is 10.1. The van der Waals surface area contributed by atoms with Gasteiger partial charge in [0.25, 0.3) is 0 Å². The van der Waals surface area contributed by atoms with Gasteiger partial charge in [-0.2, -0.15) is 0 Å². The van der Waals surface area contributed by atoms with Gasteiger partial charge in [-0.05, 0) is 29.7 Å². The second-order valence-electron chi connectivity index (χ2n) is 8.08. The van der Waals surface area contributed by atoms with E-state index in [2.05, 4.69) is 22.8 Å². The molecule has 0 spiro atoms. The first-order valence-electron chi connectivity index (χ1n) is 11.3. The van der Waals surface area contributed by atoms with E-state index in [9.17, 15) is 9.59 Å². The maximum absolute atomic E-state index is 13.2. The molecule has 1 aromatic heterocycles. The summed E-state index contributed by atoms with van der Waals surface area (Å²) in [6.45, 7) is 1.52. The number of nitrogens with zero attached hydrogens (tertiary/aromatic N) is 3.